The Balaban J connectivity index is 1.03. The van der Waals surface area contributed by atoms with Crippen LogP contribution >= 0.6 is 45.1 Å². The van der Waals surface area contributed by atoms with Gasteiger partial charge in [0.25, 0.3) is 0 Å². The Hall–Kier alpha value is -0.320. The van der Waals surface area contributed by atoms with Crippen LogP contribution in [0.2, 0.25) is 0 Å². The van der Waals surface area contributed by atoms with Gasteiger partial charge in [0.15, 0.2) is 0 Å². The van der Waals surface area contributed by atoms with E-state index in [9.17, 15) is 0 Å². The molecule has 4 nitrogen and oxygen atoms in total. The summed E-state index contributed by atoms with van der Waals surface area (Å²) in [4.78, 5) is 5.24. The molecule has 2 aromatic rings. The molecule has 4 aliphatic rings. The van der Waals surface area contributed by atoms with Crippen molar-refractivity contribution in [1.82, 2.24) is 9.80 Å². The first kappa shape index (κ1) is 22.2. The van der Waals surface area contributed by atoms with E-state index >= 15 is 0 Å². The number of hydrogen-bond donors (Lipinski definition) is 0. The van der Waals surface area contributed by atoms with Crippen molar-refractivity contribution >= 4 is 45.1 Å². The number of nitrogens with zero attached hydrogens (tertiary/aromatic N) is 2. The smallest absolute Gasteiger partial charge is 0.121 e. The molecule has 2 aromatic carbocycles. The summed E-state index contributed by atoms with van der Waals surface area (Å²) < 4.78 is 12.3. The lowest BCUT2D eigenvalue weighted by molar-refractivity contribution is 0.0577. The van der Waals surface area contributed by atoms with E-state index in [-0.39, 0.29) is 12.5 Å². The zero-order chi connectivity index (χ0) is 21.3. The molecule has 0 radical (unpaired) electrons. The first-order valence-corrected chi connectivity index (χ1v) is 15.8. The Labute approximate surface area is 206 Å². The zero-order valence-electron chi connectivity index (χ0n) is 17.8. The van der Waals surface area contributed by atoms with Crippen molar-refractivity contribution in [1.29, 1.82) is 0 Å². The van der Waals surface area contributed by atoms with Crippen molar-refractivity contribution in [3.63, 3.8) is 0 Å². The Kier molecular flexibility index (Phi) is 7.01. The maximum absolute atomic E-state index is 6.13. The Bertz CT molecular complexity index is 819. The molecular weight excluding hydrogens is 477 g/mol. The number of ether oxygens (including phenoxy) is 2. The van der Waals surface area contributed by atoms with Crippen molar-refractivity contribution < 1.29 is 9.47 Å². The summed E-state index contributed by atoms with van der Waals surface area (Å²) in [6, 6.07) is 22.5. The summed E-state index contributed by atoms with van der Waals surface area (Å²) in [6.45, 7) is 1.64. The molecule has 0 unspecified atom stereocenters. The lowest BCUT2D eigenvalue weighted by Crippen LogP contribution is -2.36. The SMILES string of the molecule is c1ccc([C@H]2CO[C@@H]3CS[C@@H](CSSC[C@@H]4SC[C@H]5OC[C@H](c6ccccc6)N45)N23)cc1. The third-order valence-corrected chi connectivity index (χ3v) is 12.0. The monoisotopic (exact) mass is 504 g/mol. The summed E-state index contributed by atoms with van der Waals surface area (Å²) >= 11 is 4.12. The molecule has 4 saturated heterocycles. The van der Waals surface area contributed by atoms with E-state index in [0.29, 0.717) is 22.8 Å². The summed E-state index contributed by atoms with van der Waals surface area (Å²) in [5.74, 6) is 4.45. The lowest BCUT2D eigenvalue weighted by atomic mass is 10.1. The van der Waals surface area contributed by atoms with Crippen molar-refractivity contribution in [3.8, 4) is 0 Å². The highest BCUT2D eigenvalue weighted by molar-refractivity contribution is 8.76. The van der Waals surface area contributed by atoms with Crippen LogP contribution in [-0.4, -0.2) is 69.2 Å². The first-order valence-electron chi connectivity index (χ1n) is 11.2. The minimum Gasteiger partial charge on any atom is -0.360 e. The number of hydrogen-bond acceptors (Lipinski definition) is 8. The molecule has 8 heteroatoms. The van der Waals surface area contributed by atoms with Gasteiger partial charge in [-0.3, -0.25) is 9.80 Å². The molecule has 6 atom stereocenters. The fourth-order valence-corrected chi connectivity index (χ4v) is 11.2. The Morgan fingerprint density at radius 1 is 0.688 bits per heavy atom. The van der Waals surface area contributed by atoms with Crippen LogP contribution in [0.25, 0.3) is 0 Å². The average molecular weight is 505 g/mol. The summed E-state index contributed by atoms with van der Waals surface area (Å²) in [6.07, 6.45) is 0.556. The van der Waals surface area contributed by atoms with Crippen molar-refractivity contribution in [3.05, 3.63) is 71.8 Å². The van der Waals surface area contributed by atoms with Gasteiger partial charge in [-0.05, 0) is 11.1 Å². The van der Waals surface area contributed by atoms with Gasteiger partial charge in [-0.25, -0.2) is 0 Å². The van der Waals surface area contributed by atoms with Crippen LogP contribution in [0.15, 0.2) is 60.7 Å². The molecule has 0 aliphatic carbocycles. The molecule has 0 spiro atoms. The van der Waals surface area contributed by atoms with E-state index < -0.39 is 0 Å². The molecule has 4 fully saturated rings. The molecular formula is C24H28N2O2S4. The molecule has 32 heavy (non-hydrogen) atoms. The number of thioether (sulfide) groups is 2. The maximum Gasteiger partial charge on any atom is 0.121 e. The largest absolute Gasteiger partial charge is 0.360 e. The highest BCUT2D eigenvalue weighted by Gasteiger charge is 2.46. The minimum atomic E-state index is 0.278. The molecule has 0 saturated carbocycles. The third-order valence-electron chi connectivity index (χ3n) is 6.68. The van der Waals surface area contributed by atoms with Crippen LogP contribution in [0.5, 0.6) is 0 Å². The van der Waals surface area contributed by atoms with Gasteiger partial charge in [-0.2, -0.15) is 0 Å². The average Bonchev–Trinajstić information content (AvgIpc) is 3.61. The van der Waals surface area contributed by atoms with E-state index in [4.69, 9.17) is 9.47 Å². The van der Waals surface area contributed by atoms with Gasteiger partial charge in [0.1, 0.15) is 12.5 Å². The normalized spacial score (nSPS) is 34.8. The van der Waals surface area contributed by atoms with Gasteiger partial charge in [-0.15, -0.1) is 23.5 Å². The van der Waals surface area contributed by atoms with Gasteiger partial charge in [0.05, 0.1) is 36.0 Å². The van der Waals surface area contributed by atoms with E-state index in [2.05, 4.69) is 94.0 Å². The van der Waals surface area contributed by atoms with Gasteiger partial charge < -0.3 is 9.47 Å². The second-order valence-electron chi connectivity index (χ2n) is 8.47. The van der Waals surface area contributed by atoms with Crippen LogP contribution in [-0.2, 0) is 9.47 Å². The highest BCUT2D eigenvalue weighted by Crippen LogP contribution is 2.46. The zero-order valence-corrected chi connectivity index (χ0v) is 21.1. The Morgan fingerprint density at radius 2 is 1.12 bits per heavy atom. The van der Waals surface area contributed by atoms with Crippen LogP contribution in [0.3, 0.4) is 0 Å². The van der Waals surface area contributed by atoms with Crippen LogP contribution < -0.4 is 0 Å². The van der Waals surface area contributed by atoms with E-state index in [1.165, 1.54) is 11.1 Å². The van der Waals surface area contributed by atoms with Crippen LogP contribution in [0.4, 0.5) is 0 Å². The topological polar surface area (TPSA) is 24.9 Å². The second-order valence-corrected chi connectivity index (χ2v) is 13.4. The quantitative estimate of drug-likeness (QED) is 0.369. The predicted molar refractivity (Wildman–Crippen MR) is 139 cm³/mol. The molecule has 4 heterocycles. The summed E-state index contributed by atoms with van der Waals surface area (Å²) in [5.41, 5.74) is 2.77. The van der Waals surface area contributed by atoms with Gasteiger partial charge in [-0.1, -0.05) is 82.3 Å². The van der Waals surface area contributed by atoms with E-state index in [1.807, 2.05) is 21.6 Å². The van der Waals surface area contributed by atoms with E-state index in [0.717, 1.165) is 36.2 Å². The predicted octanol–water partition coefficient (Wildman–Crippen LogP) is 5.31. The molecule has 4 aliphatic heterocycles. The maximum atomic E-state index is 6.13. The summed E-state index contributed by atoms with van der Waals surface area (Å²) in [7, 11) is 4.07. The van der Waals surface area contributed by atoms with Gasteiger partial charge in [0.2, 0.25) is 0 Å². The first-order chi connectivity index (χ1) is 15.9. The van der Waals surface area contributed by atoms with Gasteiger partial charge >= 0.3 is 0 Å². The number of benzene rings is 2. The van der Waals surface area contributed by atoms with Gasteiger partial charge in [0, 0.05) is 23.0 Å². The van der Waals surface area contributed by atoms with Crippen molar-refractivity contribution in [2.75, 3.05) is 36.2 Å². The molecule has 6 rings (SSSR count). The second kappa shape index (κ2) is 10.1. The fourth-order valence-electron chi connectivity index (χ4n) is 5.12. The van der Waals surface area contributed by atoms with Crippen LogP contribution in [0, 0.1) is 0 Å². The fraction of sp³-hybridized carbons (Fsp3) is 0.500. The minimum absolute atomic E-state index is 0.278. The van der Waals surface area contributed by atoms with Crippen molar-refractivity contribution in [2.45, 2.75) is 35.3 Å². The number of fused-ring (bicyclic) bond motifs is 2. The van der Waals surface area contributed by atoms with Crippen LogP contribution in [0.1, 0.15) is 23.2 Å². The van der Waals surface area contributed by atoms with Crippen molar-refractivity contribution in [2.24, 2.45) is 0 Å². The molecule has 0 aromatic heterocycles. The highest BCUT2D eigenvalue weighted by atomic mass is 33.1. The standard InChI is InChI=1S/C24H28N2O2S4/c1-3-7-17(8-4-1)19-11-27-21-13-29-23(25(19)21)15-31-32-16-24-26-20(12-28-22(26)14-30-24)18-9-5-2-6-10-18/h1-10,19-24H,11-16H2/t19-,20-,21-,22-,23+,24+/m1/s1. The van der Waals surface area contributed by atoms with E-state index in [1.54, 1.807) is 0 Å². The molecule has 0 bridgehead atoms. The number of rotatable bonds is 7. The molecule has 170 valence electrons. The summed E-state index contributed by atoms with van der Waals surface area (Å²) in [5, 5.41) is 1.06. The Morgan fingerprint density at radius 3 is 1.56 bits per heavy atom. The molecule has 0 N–H and O–H groups in total. The molecule has 0 amide bonds. The lowest BCUT2D eigenvalue weighted by Gasteiger charge is -2.29. The third kappa shape index (κ3) is 4.38.